The first kappa shape index (κ1) is 13.6. The fourth-order valence-corrected chi connectivity index (χ4v) is 2.28. The lowest BCUT2D eigenvalue weighted by Gasteiger charge is -2.20. The van der Waals surface area contributed by atoms with Crippen molar-refractivity contribution < 1.29 is 0 Å². The molecule has 2 aromatic rings. The van der Waals surface area contributed by atoms with Crippen LogP contribution < -0.4 is 10.6 Å². The van der Waals surface area contributed by atoms with Crippen LogP contribution in [0.2, 0.25) is 0 Å². The molecule has 0 radical (unpaired) electrons. The van der Waals surface area contributed by atoms with Crippen LogP contribution in [0.3, 0.4) is 0 Å². The largest absolute Gasteiger partial charge is 0.374 e. The second-order valence-electron chi connectivity index (χ2n) is 4.98. The number of hydrogen-bond acceptors (Lipinski definition) is 2. The first-order valence-corrected chi connectivity index (χ1v) is 6.75. The Morgan fingerprint density at radius 2 is 1.74 bits per heavy atom. The molecule has 0 unspecified atom stereocenters. The average Bonchev–Trinajstić information content (AvgIpc) is 2.45. The quantitative estimate of drug-likeness (QED) is 0.888. The predicted octanol–water partition coefficient (Wildman–Crippen LogP) is 3.13. The Labute approximate surface area is 115 Å². The lowest BCUT2D eigenvalue weighted by molar-refractivity contribution is 0.861. The van der Waals surface area contributed by atoms with E-state index < -0.39 is 0 Å². The summed E-state index contributed by atoms with van der Waals surface area (Å²) in [6, 6.07) is 17.0. The van der Waals surface area contributed by atoms with Crippen molar-refractivity contribution in [1.82, 2.24) is 0 Å². The van der Waals surface area contributed by atoms with Crippen molar-refractivity contribution in [2.45, 2.75) is 19.9 Å². The molecule has 2 rings (SSSR count). The standard InChI is InChI=1S/C17H22N2/c1-14-6-5-9-17(12-14)19(2)11-10-15-7-3-4-8-16(15)13-18/h3-9,12H,10-11,13,18H2,1-2H3. The monoisotopic (exact) mass is 254 g/mol. The molecule has 19 heavy (non-hydrogen) atoms. The van der Waals surface area contributed by atoms with Gasteiger partial charge in [-0.05, 0) is 42.2 Å². The van der Waals surface area contributed by atoms with E-state index in [9.17, 15) is 0 Å². The van der Waals surface area contributed by atoms with Gasteiger partial charge in [-0.3, -0.25) is 0 Å². The highest BCUT2D eigenvalue weighted by atomic mass is 15.1. The third-order valence-electron chi connectivity index (χ3n) is 3.50. The Balaban J connectivity index is 2.02. The van der Waals surface area contributed by atoms with Crippen LogP contribution in [0.25, 0.3) is 0 Å². The van der Waals surface area contributed by atoms with Crippen LogP contribution in [0, 0.1) is 6.92 Å². The van der Waals surface area contributed by atoms with Gasteiger partial charge in [0.2, 0.25) is 0 Å². The van der Waals surface area contributed by atoms with Gasteiger partial charge in [0.25, 0.3) is 0 Å². The molecule has 0 amide bonds. The minimum absolute atomic E-state index is 0.615. The van der Waals surface area contributed by atoms with Crippen molar-refractivity contribution >= 4 is 5.69 Å². The topological polar surface area (TPSA) is 29.3 Å². The number of hydrogen-bond donors (Lipinski definition) is 1. The summed E-state index contributed by atoms with van der Waals surface area (Å²) in [6.45, 7) is 3.74. The van der Waals surface area contributed by atoms with E-state index in [1.54, 1.807) is 0 Å². The van der Waals surface area contributed by atoms with E-state index in [1.807, 2.05) is 0 Å². The lowest BCUT2D eigenvalue weighted by atomic mass is 10.0. The van der Waals surface area contributed by atoms with Gasteiger partial charge in [-0.1, -0.05) is 36.4 Å². The highest BCUT2D eigenvalue weighted by Crippen LogP contribution is 2.16. The van der Waals surface area contributed by atoms with Crippen molar-refractivity contribution in [3.8, 4) is 0 Å². The molecule has 0 bridgehead atoms. The summed E-state index contributed by atoms with van der Waals surface area (Å²) in [6.07, 6.45) is 1.03. The zero-order chi connectivity index (χ0) is 13.7. The van der Waals surface area contributed by atoms with Gasteiger partial charge in [0, 0.05) is 25.8 Å². The third kappa shape index (κ3) is 3.58. The van der Waals surface area contributed by atoms with Crippen molar-refractivity contribution in [1.29, 1.82) is 0 Å². The molecule has 2 nitrogen and oxygen atoms in total. The van der Waals surface area contributed by atoms with Crippen LogP contribution >= 0.6 is 0 Å². The van der Waals surface area contributed by atoms with Crippen molar-refractivity contribution in [2.75, 3.05) is 18.5 Å². The predicted molar refractivity (Wildman–Crippen MR) is 82.5 cm³/mol. The van der Waals surface area contributed by atoms with Gasteiger partial charge in [0.1, 0.15) is 0 Å². The smallest absolute Gasteiger partial charge is 0.0366 e. The van der Waals surface area contributed by atoms with E-state index in [2.05, 4.69) is 67.4 Å². The number of nitrogens with two attached hydrogens (primary N) is 1. The molecule has 2 aromatic carbocycles. The molecule has 0 atom stereocenters. The van der Waals surface area contributed by atoms with Gasteiger partial charge in [0.05, 0.1) is 0 Å². The Morgan fingerprint density at radius 3 is 2.42 bits per heavy atom. The molecule has 0 saturated heterocycles. The van der Waals surface area contributed by atoms with E-state index in [4.69, 9.17) is 5.73 Å². The van der Waals surface area contributed by atoms with Gasteiger partial charge < -0.3 is 10.6 Å². The number of benzene rings is 2. The van der Waals surface area contributed by atoms with E-state index in [-0.39, 0.29) is 0 Å². The molecule has 0 saturated carbocycles. The van der Waals surface area contributed by atoms with Crippen LogP contribution in [0.4, 0.5) is 5.69 Å². The molecule has 100 valence electrons. The van der Waals surface area contributed by atoms with Gasteiger partial charge in [-0.2, -0.15) is 0 Å². The van der Waals surface area contributed by atoms with Gasteiger partial charge >= 0.3 is 0 Å². The van der Waals surface area contributed by atoms with Crippen LogP contribution in [0.15, 0.2) is 48.5 Å². The Bertz CT molecular complexity index is 534. The number of rotatable bonds is 5. The van der Waals surface area contributed by atoms with Gasteiger partial charge in [0.15, 0.2) is 0 Å². The molecular weight excluding hydrogens is 232 g/mol. The molecule has 0 spiro atoms. The highest BCUT2D eigenvalue weighted by Gasteiger charge is 2.04. The maximum absolute atomic E-state index is 5.77. The summed E-state index contributed by atoms with van der Waals surface area (Å²) in [5.74, 6) is 0. The molecule has 0 aliphatic rings. The average molecular weight is 254 g/mol. The lowest BCUT2D eigenvalue weighted by Crippen LogP contribution is -2.21. The van der Waals surface area contributed by atoms with Crippen molar-refractivity contribution in [3.63, 3.8) is 0 Å². The van der Waals surface area contributed by atoms with Crippen molar-refractivity contribution in [3.05, 3.63) is 65.2 Å². The van der Waals surface area contributed by atoms with E-state index in [0.29, 0.717) is 6.54 Å². The molecule has 0 aromatic heterocycles. The van der Waals surface area contributed by atoms with Crippen LogP contribution in [-0.4, -0.2) is 13.6 Å². The molecule has 0 aliphatic heterocycles. The Kier molecular flexibility index (Phi) is 4.58. The third-order valence-corrected chi connectivity index (χ3v) is 3.50. The number of nitrogens with zero attached hydrogens (tertiary/aromatic N) is 1. The summed E-state index contributed by atoms with van der Waals surface area (Å²) >= 11 is 0. The molecule has 2 N–H and O–H groups in total. The van der Waals surface area contributed by atoms with Crippen LogP contribution in [-0.2, 0) is 13.0 Å². The van der Waals surface area contributed by atoms with Crippen LogP contribution in [0.1, 0.15) is 16.7 Å². The summed E-state index contributed by atoms with van der Waals surface area (Å²) in [7, 11) is 2.14. The Hall–Kier alpha value is -1.80. The Morgan fingerprint density at radius 1 is 1.00 bits per heavy atom. The maximum Gasteiger partial charge on any atom is 0.0366 e. The second kappa shape index (κ2) is 6.39. The van der Waals surface area contributed by atoms with Crippen molar-refractivity contribution in [2.24, 2.45) is 5.73 Å². The zero-order valence-corrected chi connectivity index (χ0v) is 11.8. The van der Waals surface area contributed by atoms with Gasteiger partial charge in [-0.15, -0.1) is 0 Å². The minimum Gasteiger partial charge on any atom is -0.374 e. The summed E-state index contributed by atoms with van der Waals surface area (Å²) in [4.78, 5) is 2.29. The first-order chi connectivity index (χ1) is 9.20. The second-order valence-corrected chi connectivity index (χ2v) is 4.98. The zero-order valence-electron chi connectivity index (χ0n) is 11.8. The number of aryl methyl sites for hydroxylation is 1. The first-order valence-electron chi connectivity index (χ1n) is 6.75. The summed E-state index contributed by atoms with van der Waals surface area (Å²) in [5, 5.41) is 0. The highest BCUT2D eigenvalue weighted by molar-refractivity contribution is 5.47. The van der Waals surface area contributed by atoms with Crippen LogP contribution in [0.5, 0.6) is 0 Å². The SMILES string of the molecule is Cc1cccc(N(C)CCc2ccccc2CN)c1. The number of likely N-dealkylation sites (N-methyl/N-ethyl adjacent to an activating group) is 1. The molecule has 0 fully saturated rings. The fraction of sp³-hybridized carbons (Fsp3) is 0.294. The molecule has 2 heteroatoms. The fourth-order valence-electron chi connectivity index (χ4n) is 2.28. The van der Waals surface area contributed by atoms with Gasteiger partial charge in [-0.25, -0.2) is 0 Å². The maximum atomic E-state index is 5.77. The normalized spacial score (nSPS) is 10.5. The molecular formula is C17H22N2. The van der Waals surface area contributed by atoms with E-state index >= 15 is 0 Å². The molecule has 0 aliphatic carbocycles. The number of anilines is 1. The minimum atomic E-state index is 0.615. The van der Waals surface area contributed by atoms with E-state index in [1.165, 1.54) is 22.4 Å². The summed E-state index contributed by atoms with van der Waals surface area (Å²) < 4.78 is 0. The van der Waals surface area contributed by atoms with E-state index in [0.717, 1.165) is 13.0 Å². The summed E-state index contributed by atoms with van der Waals surface area (Å²) in [5.41, 5.74) is 10.9. The molecule has 0 heterocycles.